The second-order valence-electron chi connectivity index (χ2n) is 4.94. The van der Waals surface area contributed by atoms with Crippen molar-refractivity contribution in [1.29, 1.82) is 0 Å². The van der Waals surface area contributed by atoms with Crippen LogP contribution in [0.4, 0.5) is 0 Å². The highest BCUT2D eigenvalue weighted by atomic mass is 35.5. The Kier molecular flexibility index (Phi) is 6.19. The lowest BCUT2D eigenvalue weighted by Gasteiger charge is -2.11. The Morgan fingerprint density at radius 1 is 1.14 bits per heavy atom. The molecule has 0 saturated carbocycles. The van der Waals surface area contributed by atoms with Crippen LogP contribution in [-0.4, -0.2) is 17.0 Å². The number of carbonyl (C=O) groups excluding carboxylic acids is 1. The molecule has 0 bridgehead atoms. The molecule has 0 spiro atoms. The molecule has 2 N–H and O–H groups in total. The lowest BCUT2D eigenvalue weighted by molar-refractivity contribution is -0.145. The van der Waals surface area contributed by atoms with Gasteiger partial charge in [-0.1, -0.05) is 53.5 Å². The lowest BCUT2D eigenvalue weighted by atomic mass is 10.0. The Bertz CT molecular complexity index is 615. The van der Waals surface area contributed by atoms with Gasteiger partial charge in [-0.15, -0.1) is 0 Å². The maximum absolute atomic E-state index is 11.8. The van der Waals surface area contributed by atoms with E-state index in [2.05, 4.69) is 4.98 Å². The van der Waals surface area contributed by atoms with Gasteiger partial charge in [0.2, 0.25) is 0 Å². The molecule has 2 aromatic rings. The van der Waals surface area contributed by atoms with E-state index in [0.29, 0.717) is 12.0 Å². The van der Waals surface area contributed by atoms with E-state index >= 15 is 0 Å². The van der Waals surface area contributed by atoms with E-state index in [1.165, 1.54) is 0 Å². The average molecular weight is 339 g/mol. The van der Waals surface area contributed by atoms with E-state index in [1.807, 2.05) is 30.3 Å². The summed E-state index contributed by atoms with van der Waals surface area (Å²) >= 11 is 11.6. The van der Waals surface area contributed by atoms with Crippen LogP contribution in [-0.2, 0) is 22.6 Å². The predicted molar refractivity (Wildman–Crippen MR) is 86.8 cm³/mol. The number of hydrogen-bond acceptors (Lipinski definition) is 4. The zero-order valence-corrected chi connectivity index (χ0v) is 13.3. The lowest BCUT2D eigenvalue weighted by Crippen LogP contribution is -2.27. The molecule has 0 amide bonds. The summed E-state index contributed by atoms with van der Waals surface area (Å²) in [6, 6.07) is 12.7. The number of nitrogens with zero attached hydrogens (tertiary/aromatic N) is 1. The number of halogens is 2. The molecule has 0 aliphatic heterocycles. The van der Waals surface area contributed by atoms with Crippen molar-refractivity contribution in [3.63, 3.8) is 0 Å². The van der Waals surface area contributed by atoms with Gasteiger partial charge in [-0.3, -0.25) is 4.79 Å². The molecule has 22 heavy (non-hydrogen) atoms. The number of hydrogen-bond donors (Lipinski definition) is 1. The summed E-state index contributed by atoms with van der Waals surface area (Å²) in [5, 5.41) is 0.527. The topological polar surface area (TPSA) is 65.2 Å². The van der Waals surface area contributed by atoms with Gasteiger partial charge >= 0.3 is 5.97 Å². The first-order valence-electron chi connectivity index (χ1n) is 6.80. The van der Waals surface area contributed by atoms with Crippen molar-refractivity contribution in [3.05, 3.63) is 63.9 Å². The third-order valence-corrected chi connectivity index (χ3v) is 3.38. The summed E-state index contributed by atoms with van der Waals surface area (Å²) in [4.78, 5) is 15.6. The summed E-state index contributed by atoms with van der Waals surface area (Å²) in [5.74, 6) is -0.354. The Balaban J connectivity index is 1.80. The van der Waals surface area contributed by atoms with Crippen LogP contribution in [0.15, 0.2) is 42.5 Å². The number of rotatable bonds is 6. The number of ether oxygens (including phenoxy) is 1. The van der Waals surface area contributed by atoms with Crippen LogP contribution >= 0.6 is 23.2 Å². The van der Waals surface area contributed by atoms with Crippen molar-refractivity contribution in [2.45, 2.75) is 25.5 Å². The summed E-state index contributed by atoms with van der Waals surface area (Å²) in [5.41, 5.74) is 7.75. The van der Waals surface area contributed by atoms with Crippen molar-refractivity contribution in [2.24, 2.45) is 5.73 Å². The van der Waals surface area contributed by atoms with Crippen molar-refractivity contribution < 1.29 is 9.53 Å². The van der Waals surface area contributed by atoms with Crippen molar-refractivity contribution in [3.8, 4) is 0 Å². The van der Waals surface area contributed by atoms with Crippen LogP contribution in [0.1, 0.15) is 17.5 Å². The smallest absolute Gasteiger partial charge is 0.307 e. The first kappa shape index (κ1) is 16.7. The second kappa shape index (κ2) is 8.13. The SMILES string of the molecule is N[C@H](CC(=O)OCc1cc(Cl)nc(Cl)c1)Cc1ccccc1. The minimum Gasteiger partial charge on any atom is -0.461 e. The van der Waals surface area contributed by atoms with Gasteiger partial charge in [0.25, 0.3) is 0 Å². The molecule has 1 aromatic carbocycles. The van der Waals surface area contributed by atoms with Crippen molar-refractivity contribution >= 4 is 29.2 Å². The molecule has 0 unspecified atom stereocenters. The highest BCUT2D eigenvalue weighted by Gasteiger charge is 2.12. The molecule has 4 nitrogen and oxygen atoms in total. The highest BCUT2D eigenvalue weighted by Crippen LogP contribution is 2.15. The van der Waals surface area contributed by atoms with Gasteiger partial charge in [0.1, 0.15) is 16.9 Å². The molecule has 0 aliphatic rings. The molecule has 1 aromatic heterocycles. The number of esters is 1. The maximum Gasteiger partial charge on any atom is 0.307 e. The summed E-state index contributed by atoms with van der Waals surface area (Å²) < 4.78 is 5.18. The van der Waals surface area contributed by atoms with Crippen LogP contribution in [0.5, 0.6) is 0 Å². The molecule has 1 heterocycles. The molecule has 0 saturated heterocycles. The Morgan fingerprint density at radius 2 is 1.77 bits per heavy atom. The highest BCUT2D eigenvalue weighted by molar-refractivity contribution is 6.32. The first-order valence-corrected chi connectivity index (χ1v) is 7.55. The summed E-state index contributed by atoms with van der Waals surface area (Å²) in [6.45, 7) is 0.0961. The molecule has 0 fully saturated rings. The molecule has 116 valence electrons. The fourth-order valence-electron chi connectivity index (χ4n) is 2.02. The first-order chi connectivity index (χ1) is 10.5. The van der Waals surface area contributed by atoms with Crippen molar-refractivity contribution in [1.82, 2.24) is 4.98 Å². The maximum atomic E-state index is 11.8. The van der Waals surface area contributed by atoms with Gasteiger partial charge in [-0.05, 0) is 29.7 Å². The number of benzene rings is 1. The predicted octanol–water partition coefficient (Wildman–Crippen LogP) is 3.39. The van der Waals surface area contributed by atoms with Gasteiger partial charge in [0.15, 0.2) is 0 Å². The van der Waals surface area contributed by atoms with Gasteiger partial charge in [0, 0.05) is 6.04 Å². The molecule has 2 rings (SSSR count). The third kappa shape index (κ3) is 5.64. The van der Waals surface area contributed by atoms with E-state index in [9.17, 15) is 4.79 Å². The fourth-order valence-corrected chi connectivity index (χ4v) is 2.53. The van der Waals surface area contributed by atoms with Crippen LogP contribution < -0.4 is 5.73 Å². The minimum atomic E-state index is -0.354. The Labute approximate surface area is 139 Å². The minimum absolute atomic E-state index is 0.0961. The standard InChI is InChI=1S/C16H16Cl2N2O2/c17-14-7-12(8-15(18)20-14)10-22-16(21)9-13(19)6-11-4-2-1-3-5-11/h1-5,7-8,13H,6,9-10,19H2/t13-/m0/s1. The number of nitrogens with two attached hydrogens (primary N) is 1. The van der Waals surface area contributed by atoms with Crippen LogP contribution in [0.25, 0.3) is 0 Å². The molecule has 0 aliphatic carbocycles. The number of carbonyl (C=O) groups is 1. The zero-order valence-electron chi connectivity index (χ0n) is 11.8. The second-order valence-corrected chi connectivity index (χ2v) is 5.71. The zero-order chi connectivity index (χ0) is 15.9. The number of pyridine rings is 1. The Hall–Kier alpha value is -1.62. The monoisotopic (exact) mass is 338 g/mol. The third-order valence-electron chi connectivity index (χ3n) is 2.99. The van der Waals surface area contributed by atoms with Gasteiger partial charge in [-0.2, -0.15) is 0 Å². The average Bonchev–Trinajstić information content (AvgIpc) is 2.45. The molecule has 1 atom stereocenters. The van der Waals surface area contributed by atoms with Crippen LogP contribution in [0.3, 0.4) is 0 Å². The van der Waals surface area contributed by atoms with E-state index in [4.69, 9.17) is 33.7 Å². The Morgan fingerprint density at radius 3 is 2.41 bits per heavy atom. The van der Waals surface area contributed by atoms with Gasteiger partial charge in [0.05, 0.1) is 6.42 Å². The van der Waals surface area contributed by atoms with Gasteiger partial charge < -0.3 is 10.5 Å². The van der Waals surface area contributed by atoms with Crippen molar-refractivity contribution in [2.75, 3.05) is 0 Å². The molecule has 0 radical (unpaired) electrons. The van der Waals surface area contributed by atoms with Crippen LogP contribution in [0.2, 0.25) is 10.3 Å². The largest absolute Gasteiger partial charge is 0.461 e. The van der Waals surface area contributed by atoms with Crippen LogP contribution in [0, 0.1) is 0 Å². The summed E-state index contributed by atoms with van der Waals surface area (Å²) in [7, 11) is 0. The number of aromatic nitrogens is 1. The molecular formula is C16H16Cl2N2O2. The van der Waals surface area contributed by atoms with E-state index in [0.717, 1.165) is 5.56 Å². The normalized spacial score (nSPS) is 12.0. The molecule has 6 heteroatoms. The van der Waals surface area contributed by atoms with E-state index < -0.39 is 0 Å². The van der Waals surface area contributed by atoms with E-state index in [-0.39, 0.29) is 35.3 Å². The van der Waals surface area contributed by atoms with E-state index in [1.54, 1.807) is 12.1 Å². The van der Waals surface area contributed by atoms with Gasteiger partial charge in [-0.25, -0.2) is 4.98 Å². The quantitative estimate of drug-likeness (QED) is 0.647. The fraction of sp³-hybridized carbons (Fsp3) is 0.250. The molecular weight excluding hydrogens is 323 g/mol. The summed E-state index contributed by atoms with van der Waals surface area (Å²) in [6.07, 6.45) is 0.782.